The van der Waals surface area contributed by atoms with Crippen molar-refractivity contribution in [3.8, 4) is 0 Å². The highest BCUT2D eigenvalue weighted by Gasteiger charge is 2.49. The number of carbonyl (C=O) groups is 4. The van der Waals surface area contributed by atoms with Gasteiger partial charge in [0.05, 0.1) is 17.6 Å². The number of nitrogens with zero attached hydrogens (tertiary/aromatic N) is 1. The molecule has 3 fully saturated rings. The van der Waals surface area contributed by atoms with Crippen molar-refractivity contribution in [1.29, 1.82) is 0 Å². The number of hydrogen-bond acceptors (Lipinski definition) is 5. The summed E-state index contributed by atoms with van der Waals surface area (Å²) in [6.07, 6.45) is 5.51. The van der Waals surface area contributed by atoms with Gasteiger partial charge in [-0.1, -0.05) is 36.6 Å². The van der Waals surface area contributed by atoms with Gasteiger partial charge in [-0.25, -0.2) is 4.79 Å². The number of H-pyrrole nitrogens is 1. The molecule has 9 nitrogen and oxygen atoms in total. The maximum atomic E-state index is 13.8. The highest BCUT2D eigenvalue weighted by atomic mass is 35.5. The van der Waals surface area contributed by atoms with Gasteiger partial charge < -0.3 is 25.3 Å². The number of para-hydroxylation sites is 1. The van der Waals surface area contributed by atoms with Crippen LogP contribution in [0.5, 0.6) is 0 Å². The van der Waals surface area contributed by atoms with Gasteiger partial charge in [0, 0.05) is 24.4 Å². The molecule has 5 atom stereocenters. The molecule has 0 radical (unpaired) electrons. The Hall–Kier alpha value is -3.07. The standard InChI is InChI=1S/C27H33ClN4O5/c1-37-27(36)21(13-16-8-5-11-29-24(16)33)31-25(34)23-18-9-3-2-6-17(18)14-32(23)26(35)20-12-15-7-4-10-19(28)22(15)30-20/h4,7,10,12,16-18,21,23,30H,2-3,5-6,8-9,11,13-14H2,1H3,(H,29,33)(H,31,34)/t16?,17-,18-,21?,23-/m0/s1. The van der Waals surface area contributed by atoms with Gasteiger partial charge in [0.2, 0.25) is 11.8 Å². The molecule has 5 rings (SSSR count). The van der Waals surface area contributed by atoms with Crippen molar-refractivity contribution < 1.29 is 23.9 Å². The first kappa shape index (κ1) is 25.6. The number of amides is 3. The number of hydrogen-bond donors (Lipinski definition) is 3. The lowest BCUT2D eigenvalue weighted by atomic mass is 9.78. The van der Waals surface area contributed by atoms with Crippen LogP contribution < -0.4 is 10.6 Å². The van der Waals surface area contributed by atoms with Crippen molar-refractivity contribution >= 4 is 46.2 Å². The molecule has 1 saturated carbocycles. The van der Waals surface area contributed by atoms with E-state index < -0.39 is 18.1 Å². The van der Waals surface area contributed by atoms with Crippen LogP contribution in [-0.4, -0.2) is 65.9 Å². The molecule has 2 aliphatic heterocycles. The largest absolute Gasteiger partial charge is 0.467 e. The summed E-state index contributed by atoms with van der Waals surface area (Å²) >= 11 is 6.31. The number of ether oxygens (including phenoxy) is 1. The summed E-state index contributed by atoms with van der Waals surface area (Å²) in [5, 5.41) is 7.04. The fourth-order valence-corrected chi connectivity index (χ4v) is 6.60. The Kier molecular flexibility index (Phi) is 7.42. The van der Waals surface area contributed by atoms with Gasteiger partial charge in [0.1, 0.15) is 17.8 Å². The van der Waals surface area contributed by atoms with E-state index in [1.54, 1.807) is 17.0 Å². The van der Waals surface area contributed by atoms with Gasteiger partial charge in [0.15, 0.2) is 0 Å². The molecule has 2 aromatic rings. The third kappa shape index (κ3) is 5.06. The van der Waals surface area contributed by atoms with Crippen LogP contribution >= 0.6 is 11.6 Å². The van der Waals surface area contributed by atoms with Crippen LogP contribution in [0.15, 0.2) is 24.3 Å². The van der Waals surface area contributed by atoms with E-state index in [-0.39, 0.29) is 41.9 Å². The number of benzene rings is 1. The minimum Gasteiger partial charge on any atom is -0.467 e. The minimum absolute atomic E-state index is 0.0157. The van der Waals surface area contributed by atoms with Crippen LogP contribution in [0.2, 0.25) is 5.02 Å². The maximum Gasteiger partial charge on any atom is 0.328 e. The number of aromatic nitrogens is 1. The number of fused-ring (bicyclic) bond motifs is 2. The number of methoxy groups -OCH3 is 1. The SMILES string of the molecule is COC(=O)C(CC1CCCNC1=O)NC(=O)[C@@H]1[C@H]2CCCC[C@H]2CN1C(=O)c1cc2cccc(Cl)c2[nH]1. The number of nitrogens with one attached hydrogen (secondary N) is 3. The Morgan fingerprint density at radius 2 is 2.00 bits per heavy atom. The molecule has 198 valence electrons. The fourth-order valence-electron chi connectivity index (χ4n) is 6.37. The normalized spacial score (nSPS) is 26.3. The second-order valence-corrected chi connectivity index (χ2v) is 10.9. The molecular weight excluding hydrogens is 496 g/mol. The second kappa shape index (κ2) is 10.7. The molecule has 1 aromatic heterocycles. The lowest BCUT2D eigenvalue weighted by Crippen LogP contribution is -2.54. The molecule has 3 amide bonds. The van der Waals surface area contributed by atoms with E-state index in [0.29, 0.717) is 35.7 Å². The Morgan fingerprint density at radius 3 is 2.76 bits per heavy atom. The topological polar surface area (TPSA) is 121 Å². The number of rotatable bonds is 6. The van der Waals surface area contributed by atoms with Gasteiger partial charge in [0.25, 0.3) is 5.91 Å². The molecule has 0 spiro atoms. The van der Waals surface area contributed by atoms with Gasteiger partial charge in [-0.3, -0.25) is 14.4 Å². The summed E-state index contributed by atoms with van der Waals surface area (Å²) in [7, 11) is 1.27. The van der Waals surface area contributed by atoms with Crippen molar-refractivity contribution in [2.24, 2.45) is 17.8 Å². The molecule has 3 N–H and O–H groups in total. The van der Waals surface area contributed by atoms with Crippen LogP contribution in [0.25, 0.3) is 10.9 Å². The zero-order valence-corrected chi connectivity index (χ0v) is 21.7. The minimum atomic E-state index is -0.960. The van der Waals surface area contributed by atoms with Gasteiger partial charge in [-0.15, -0.1) is 0 Å². The number of piperidine rings is 1. The Bertz CT molecular complexity index is 1210. The molecular formula is C27H33ClN4O5. The Labute approximate surface area is 220 Å². The summed E-state index contributed by atoms with van der Waals surface area (Å²) in [6.45, 7) is 1.10. The van der Waals surface area contributed by atoms with Gasteiger partial charge in [-0.2, -0.15) is 0 Å². The average Bonchev–Trinajstić information content (AvgIpc) is 3.51. The van der Waals surface area contributed by atoms with Crippen molar-refractivity contribution in [2.75, 3.05) is 20.2 Å². The zero-order chi connectivity index (χ0) is 26.1. The van der Waals surface area contributed by atoms with Crippen LogP contribution in [-0.2, 0) is 19.1 Å². The summed E-state index contributed by atoms with van der Waals surface area (Å²) in [6, 6.07) is 5.57. The molecule has 0 bridgehead atoms. The van der Waals surface area contributed by atoms with Crippen molar-refractivity contribution in [3.05, 3.63) is 35.0 Å². The van der Waals surface area contributed by atoms with Crippen LogP contribution in [0, 0.1) is 17.8 Å². The maximum absolute atomic E-state index is 13.8. The lowest BCUT2D eigenvalue weighted by molar-refractivity contribution is -0.146. The quantitative estimate of drug-likeness (QED) is 0.498. The van der Waals surface area contributed by atoms with Crippen molar-refractivity contribution in [3.63, 3.8) is 0 Å². The first-order valence-electron chi connectivity index (χ1n) is 13.1. The molecule has 1 aliphatic carbocycles. The van der Waals surface area contributed by atoms with Crippen LogP contribution in [0.3, 0.4) is 0 Å². The van der Waals surface area contributed by atoms with Crippen LogP contribution in [0.1, 0.15) is 55.4 Å². The highest BCUT2D eigenvalue weighted by Crippen LogP contribution is 2.41. The van der Waals surface area contributed by atoms with E-state index in [4.69, 9.17) is 16.3 Å². The number of esters is 1. The first-order valence-corrected chi connectivity index (χ1v) is 13.5. The molecule has 2 saturated heterocycles. The van der Waals surface area contributed by atoms with E-state index >= 15 is 0 Å². The van der Waals surface area contributed by atoms with E-state index in [2.05, 4.69) is 15.6 Å². The summed E-state index contributed by atoms with van der Waals surface area (Å²) < 4.78 is 4.96. The molecule has 10 heteroatoms. The van der Waals surface area contributed by atoms with E-state index in [1.165, 1.54) is 7.11 Å². The number of aromatic amines is 1. The van der Waals surface area contributed by atoms with Crippen molar-refractivity contribution in [1.82, 2.24) is 20.5 Å². The number of halogens is 1. The van der Waals surface area contributed by atoms with E-state index in [9.17, 15) is 19.2 Å². The lowest BCUT2D eigenvalue weighted by Gasteiger charge is -2.31. The highest BCUT2D eigenvalue weighted by molar-refractivity contribution is 6.35. The Morgan fingerprint density at radius 1 is 1.19 bits per heavy atom. The van der Waals surface area contributed by atoms with Gasteiger partial charge in [-0.05, 0) is 56.1 Å². The third-order valence-electron chi connectivity index (χ3n) is 8.23. The number of carbonyl (C=O) groups excluding carboxylic acids is 4. The average molecular weight is 529 g/mol. The molecule has 3 heterocycles. The predicted octanol–water partition coefficient (Wildman–Crippen LogP) is 3.03. The first-order chi connectivity index (χ1) is 17.9. The summed E-state index contributed by atoms with van der Waals surface area (Å²) in [5.41, 5.74) is 1.06. The second-order valence-electron chi connectivity index (χ2n) is 10.4. The smallest absolute Gasteiger partial charge is 0.328 e. The molecule has 1 aromatic carbocycles. The summed E-state index contributed by atoms with van der Waals surface area (Å²) in [5.74, 6) is -1.47. The predicted molar refractivity (Wildman–Crippen MR) is 138 cm³/mol. The van der Waals surface area contributed by atoms with Crippen molar-refractivity contribution in [2.45, 2.75) is 57.0 Å². The van der Waals surface area contributed by atoms with Gasteiger partial charge >= 0.3 is 5.97 Å². The monoisotopic (exact) mass is 528 g/mol. The van der Waals surface area contributed by atoms with Crippen LogP contribution in [0.4, 0.5) is 0 Å². The fraction of sp³-hybridized carbons (Fsp3) is 0.556. The molecule has 37 heavy (non-hydrogen) atoms. The van der Waals surface area contributed by atoms with E-state index in [1.807, 2.05) is 12.1 Å². The molecule has 3 aliphatic rings. The molecule has 2 unspecified atom stereocenters. The third-order valence-corrected chi connectivity index (χ3v) is 8.54. The van der Waals surface area contributed by atoms with E-state index in [0.717, 1.165) is 37.5 Å². The summed E-state index contributed by atoms with van der Waals surface area (Å²) in [4.78, 5) is 57.3. The Balaban J connectivity index is 1.40. The zero-order valence-electron chi connectivity index (χ0n) is 20.9. The number of likely N-dealkylation sites (tertiary alicyclic amines) is 1.